The molecule has 1 N–H and O–H groups in total. The Labute approximate surface area is 210 Å². The Bertz CT molecular complexity index is 1260. The zero-order valence-electron chi connectivity index (χ0n) is 20.3. The molecule has 0 radical (unpaired) electrons. The number of nitrogens with zero attached hydrogens (tertiary/aromatic N) is 4. The van der Waals surface area contributed by atoms with Crippen LogP contribution in [0, 0.1) is 6.92 Å². The fraction of sp³-hybridized carbons (Fsp3) is 0.321. The molecule has 3 aromatic rings. The smallest absolute Gasteiger partial charge is 0.295 e. The summed E-state index contributed by atoms with van der Waals surface area (Å²) < 4.78 is 7.13. The van der Waals surface area contributed by atoms with Gasteiger partial charge in [-0.05, 0) is 31.0 Å². The summed E-state index contributed by atoms with van der Waals surface area (Å²) in [6.45, 7) is 6.23. The number of morpholine rings is 1. The molecular weight excluding hydrogens is 456 g/mol. The molecule has 5 rings (SSSR count). The zero-order chi connectivity index (χ0) is 25.1. The summed E-state index contributed by atoms with van der Waals surface area (Å²) in [5, 5.41) is 15.9. The van der Waals surface area contributed by atoms with Crippen molar-refractivity contribution in [1.29, 1.82) is 0 Å². The van der Waals surface area contributed by atoms with Gasteiger partial charge in [-0.1, -0.05) is 48.5 Å². The third kappa shape index (κ3) is 4.57. The van der Waals surface area contributed by atoms with Crippen LogP contribution in [0.1, 0.15) is 29.3 Å². The topological polar surface area (TPSA) is 87.9 Å². The van der Waals surface area contributed by atoms with Gasteiger partial charge >= 0.3 is 0 Å². The van der Waals surface area contributed by atoms with E-state index in [1.54, 1.807) is 15.8 Å². The van der Waals surface area contributed by atoms with Gasteiger partial charge in [-0.2, -0.15) is 5.10 Å². The number of ether oxygens (including phenoxy) is 1. The maximum Gasteiger partial charge on any atom is 0.295 e. The summed E-state index contributed by atoms with van der Waals surface area (Å²) in [5.74, 6) is -1.45. The molecule has 1 aromatic heterocycles. The summed E-state index contributed by atoms with van der Waals surface area (Å²) in [4.78, 5) is 30.4. The van der Waals surface area contributed by atoms with Gasteiger partial charge in [0.15, 0.2) is 0 Å². The number of aromatic nitrogens is 2. The Kier molecular flexibility index (Phi) is 6.97. The molecule has 0 bridgehead atoms. The highest BCUT2D eigenvalue weighted by Crippen LogP contribution is 2.40. The highest BCUT2D eigenvalue weighted by molar-refractivity contribution is 6.46. The maximum absolute atomic E-state index is 13.3. The molecule has 2 fully saturated rings. The van der Waals surface area contributed by atoms with Crippen molar-refractivity contribution < 1.29 is 19.4 Å². The Morgan fingerprint density at radius 2 is 1.67 bits per heavy atom. The minimum Gasteiger partial charge on any atom is -0.507 e. The van der Waals surface area contributed by atoms with Gasteiger partial charge in [0.1, 0.15) is 5.76 Å². The van der Waals surface area contributed by atoms with E-state index in [1.807, 2.05) is 67.6 Å². The summed E-state index contributed by atoms with van der Waals surface area (Å²) in [6.07, 6.45) is 2.27. The van der Waals surface area contributed by atoms with Gasteiger partial charge in [-0.3, -0.25) is 14.5 Å². The number of hydrogen-bond donors (Lipinski definition) is 1. The number of rotatable bonds is 7. The van der Waals surface area contributed by atoms with Gasteiger partial charge in [0.05, 0.1) is 48.0 Å². The first-order valence-corrected chi connectivity index (χ1v) is 12.3. The van der Waals surface area contributed by atoms with Crippen LogP contribution < -0.4 is 0 Å². The molecule has 8 heteroatoms. The predicted octanol–water partition coefficient (Wildman–Crippen LogP) is 3.32. The van der Waals surface area contributed by atoms with Crippen molar-refractivity contribution in [1.82, 2.24) is 19.6 Å². The largest absolute Gasteiger partial charge is 0.507 e. The third-order valence-electron chi connectivity index (χ3n) is 6.90. The number of benzene rings is 2. The zero-order valence-corrected chi connectivity index (χ0v) is 20.3. The lowest BCUT2D eigenvalue weighted by molar-refractivity contribution is -0.140. The number of ketones is 1. The van der Waals surface area contributed by atoms with E-state index in [-0.39, 0.29) is 11.3 Å². The molecule has 3 heterocycles. The van der Waals surface area contributed by atoms with Crippen LogP contribution in [-0.2, 0) is 14.3 Å². The lowest BCUT2D eigenvalue weighted by atomic mass is 9.95. The Morgan fingerprint density at radius 1 is 1.00 bits per heavy atom. The van der Waals surface area contributed by atoms with Crippen LogP contribution in [0.3, 0.4) is 0 Å². The number of aliphatic hydroxyl groups is 1. The van der Waals surface area contributed by atoms with Crippen LogP contribution >= 0.6 is 0 Å². The molecule has 2 aliphatic rings. The molecule has 36 heavy (non-hydrogen) atoms. The molecule has 2 aromatic carbocycles. The van der Waals surface area contributed by atoms with E-state index in [0.29, 0.717) is 31.0 Å². The van der Waals surface area contributed by atoms with Crippen molar-refractivity contribution in [2.75, 3.05) is 39.4 Å². The molecule has 1 atom stereocenters. The van der Waals surface area contributed by atoms with E-state index >= 15 is 0 Å². The number of amides is 1. The molecular formula is C28H30N4O4. The minimum atomic E-state index is -0.667. The van der Waals surface area contributed by atoms with Gasteiger partial charge in [-0.15, -0.1) is 0 Å². The van der Waals surface area contributed by atoms with E-state index < -0.39 is 17.7 Å². The SMILES string of the molecule is Cc1c(/C(O)=C2\C(=O)C(=O)N(CCCN3CCOCC3)[C@H]2c2ccccc2)cnn1-c1ccccc1. The summed E-state index contributed by atoms with van der Waals surface area (Å²) in [7, 11) is 0. The Balaban J connectivity index is 1.49. The van der Waals surface area contributed by atoms with E-state index in [2.05, 4.69) is 10.00 Å². The van der Waals surface area contributed by atoms with Crippen molar-refractivity contribution in [3.05, 3.63) is 89.3 Å². The molecule has 0 unspecified atom stereocenters. The Hall–Kier alpha value is -3.75. The van der Waals surface area contributed by atoms with E-state index in [4.69, 9.17) is 4.74 Å². The summed E-state index contributed by atoms with van der Waals surface area (Å²) in [5.41, 5.74) is 2.86. The number of aliphatic hydroxyl groups excluding tert-OH is 1. The number of para-hydroxylation sites is 1. The first-order valence-electron chi connectivity index (χ1n) is 12.3. The van der Waals surface area contributed by atoms with Crippen LogP contribution in [0.5, 0.6) is 0 Å². The van der Waals surface area contributed by atoms with Crippen LogP contribution in [0.15, 0.2) is 72.4 Å². The van der Waals surface area contributed by atoms with E-state index in [9.17, 15) is 14.7 Å². The van der Waals surface area contributed by atoms with E-state index in [0.717, 1.165) is 37.3 Å². The average Bonchev–Trinajstić information content (AvgIpc) is 3.42. The van der Waals surface area contributed by atoms with Gasteiger partial charge in [0, 0.05) is 26.2 Å². The molecule has 0 spiro atoms. The highest BCUT2D eigenvalue weighted by Gasteiger charge is 2.46. The van der Waals surface area contributed by atoms with Gasteiger partial charge < -0.3 is 14.7 Å². The fourth-order valence-electron chi connectivity index (χ4n) is 5.00. The Morgan fingerprint density at radius 3 is 2.36 bits per heavy atom. The van der Waals surface area contributed by atoms with Crippen LogP contribution in [-0.4, -0.2) is 75.8 Å². The third-order valence-corrected chi connectivity index (χ3v) is 6.90. The highest BCUT2D eigenvalue weighted by atomic mass is 16.5. The van der Waals surface area contributed by atoms with Crippen LogP contribution in [0.25, 0.3) is 11.4 Å². The molecule has 2 aliphatic heterocycles. The minimum absolute atomic E-state index is 0.105. The average molecular weight is 487 g/mol. The molecule has 0 saturated carbocycles. The van der Waals surface area contributed by atoms with Crippen LogP contribution in [0.2, 0.25) is 0 Å². The first kappa shape index (κ1) is 24.0. The molecule has 8 nitrogen and oxygen atoms in total. The number of likely N-dealkylation sites (tertiary alicyclic amines) is 1. The molecule has 2 saturated heterocycles. The number of carbonyl (C=O) groups is 2. The molecule has 0 aliphatic carbocycles. The second kappa shape index (κ2) is 10.5. The quantitative estimate of drug-likeness (QED) is 0.313. The van der Waals surface area contributed by atoms with Gasteiger partial charge in [0.25, 0.3) is 11.7 Å². The second-order valence-corrected chi connectivity index (χ2v) is 9.10. The van der Waals surface area contributed by atoms with Crippen LogP contribution in [0.4, 0.5) is 0 Å². The van der Waals surface area contributed by atoms with E-state index in [1.165, 1.54) is 0 Å². The summed E-state index contributed by atoms with van der Waals surface area (Å²) in [6, 6.07) is 18.3. The molecule has 186 valence electrons. The monoisotopic (exact) mass is 486 g/mol. The first-order chi connectivity index (χ1) is 17.6. The maximum atomic E-state index is 13.3. The van der Waals surface area contributed by atoms with Gasteiger partial charge in [0.2, 0.25) is 0 Å². The van der Waals surface area contributed by atoms with Crippen molar-refractivity contribution in [2.45, 2.75) is 19.4 Å². The lowest BCUT2D eigenvalue weighted by Gasteiger charge is -2.29. The number of Topliss-reactive ketones (excluding diaryl/α,β-unsaturated/α-hetero) is 1. The number of carbonyl (C=O) groups excluding carboxylic acids is 2. The standard InChI is InChI=1S/C28H30N4O4/c1-20-23(19-29-32(20)22-11-6-3-7-12-22)26(33)24-25(21-9-4-2-5-10-21)31(28(35)27(24)34)14-8-13-30-15-17-36-18-16-30/h2-7,9-12,19,25,33H,8,13-18H2,1H3/b26-24+/t25-/m0/s1. The second-order valence-electron chi connectivity index (χ2n) is 9.10. The van der Waals surface area contributed by atoms with Crippen molar-refractivity contribution in [3.63, 3.8) is 0 Å². The summed E-state index contributed by atoms with van der Waals surface area (Å²) >= 11 is 0. The predicted molar refractivity (Wildman–Crippen MR) is 136 cm³/mol. The van der Waals surface area contributed by atoms with Gasteiger partial charge in [-0.25, -0.2) is 4.68 Å². The number of hydrogen-bond acceptors (Lipinski definition) is 6. The van der Waals surface area contributed by atoms with Crippen molar-refractivity contribution in [3.8, 4) is 5.69 Å². The van der Waals surface area contributed by atoms with Crippen molar-refractivity contribution >= 4 is 17.4 Å². The normalized spacial score (nSPS) is 20.2. The fourth-order valence-corrected chi connectivity index (χ4v) is 5.00. The van der Waals surface area contributed by atoms with Crippen molar-refractivity contribution in [2.24, 2.45) is 0 Å². The molecule has 1 amide bonds. The lowest BCUT2D eigenvalue weighted by Crippen LogP contribution is -2.38.